The van der Waals surface area contributed by atoms with Crippen molar-refractivity contribution in [3.05, 3.63) is 29.6 Å². The molecular weight excluding hydrogens is 290 g/mol. The summed E-state index contributed by atoms with van der Waals surface area (Å²) in [6.07, 6.45) is -3.15. The van der Waals surface area contributed by atoms with Gasteiger partial charge in [0.25, 0.3) is 0 Å². The lowest BCUT2D eigenvalue weighted by atomic mass is 10.1. The van der Waals surface area contributed by atoms with Crippen molar-refractivity contribution in [3.63, 3.8) is 0 Å². The second-order valence-electron chi connectivity index (χ2n) is 5.00. The second kappa shape index (κ2) is 5.88. The van der Waals surface area contributed by atoms with Crippen LogP contribution in [0.2, 0.25) is 0 Å². The molecule has 21 heavy (non-hydrogen) atoms. The van der Waals surface area contributed by atoms with Crippen LogP contribution < -0.4 is 11.1 Å². The standard InChI is InChI=1S/C13H15F4N3O/c14-9-4-8(13(15,16)17)5-11(6-9)19-12(21)20-3-1-2-10(18)7-20/h4-6,10H,1-3,7,18H2,(H,19,21)/t10-/m1/s1. The van der Waals surface area contributed by atoms with Gasteiger partial charge in [-0.3, -0.25) is 0 Å². The van der Waals surface area contributed by atoms with E-state index in [0.717, 1.165) is 18.9 Å². The molecule has 116 valence electrons. The fourth-order valence-corrected chi connectivity index (χ4v) is 2.22. The van der Waals surface area contributed by atoms with Crippen molar-refractivity contribution >= 4 is 11.7 Å². The van der Waals surface area contributed by atoms with Gasteiger partial charge in [-0.2, -0.15) is 13.2 Å². The van der Waals surface area contributed by atoms with Crippen molar-refractivity contribution in [2.75, 3.05) is 18.4 Å². The zero-order chi connectivity index (χ0) is 15.6. The molecule has 1 saturated heterocycles. The van der Waals surface area contributed by atoms with E-state index in [1.165, 1.54) is 4.90 Å². The van der Waals surface area contributed by atoms with Crippen molar-refractivity contribution in [2.24, 2.45) is 5.73 Å². The molecule has 1 aliphatic rings. The van der Waals surface area contributed by atoms with Crippen LogP contribution >= 0.6 is 0 Å². The van der Waals surface area contributed by atoms with Gasteiger partial charge >= 0.3 is 12.2 Å². The lowest BCUT2D eigenvalue weighted by molar-refractivity contribution is -0.137. The number of likely N-dealkylation sites (tertiary alicyclic amines) is 1. The summed E-state index contributed by atoms with van der Waals surface area (Å²) in [5.41, 5.74) is 4.36. The Morgan fingerprint density at radius 2 is 2.05 bits per heavy atom. The highest BCUT2D eigenvalue weighted by Gasteiger charge is 2.31. The zero-order valence-electron chi connectivity index (χ0n) is 11.1. The summed E-state index contributed by atoms with van der Waals surface area (Å²) in [5.74, 6) is -1.06. The number of hydrogen-bond acceptors (Lipinski definition) is 2. The van der Waals surface area contributed by atoms with Crippen LogP contribution in [0.3, 0.4) is 0 Å². The highest BCUT2D eigenvalue weighted by molar-refractivity contribution is 5.89. The molecule has 4 nitrogen and oxygen atoms in total. The maximum atomic E-state index is 13.2. The Kier molecular flexibility index (Phi) is 4.36. The van der Waals surface area contributed by atoms with Gasteiger partial charge in [-0.15, -0.1) is 0 Å². The number of nitrogens with two attached hydrogens (primary N) is 1. The van der Waals surface area contributed by atoms with Crippen molar-refractivity contribution in [1.82, 2.24) is 4.90 Å². The number of anilines is 1. The van der Waals surface area contributed by atoms with Crippen molar-refractivity contribution < 1.29 is 22.4 Å². The van der Waals surface area contributed by atoms with Gasteiger partial charge in [-0.25, -0.2) is 9.18 Å². The zero-order valence-corrected chi connectivity index (χ0v) is 11.1. The monoisotopic (exact) mass is 305 g/mol. The smallest absolute Gasteiger partial charge is 0.326 e. The Bertz CT molecular complexity index is 533. The number of carbonyl (C=O) groups is 1. The molecule has 1 aromatic carbocycles. The normalized spacial score (nSPS) is 19.5. The van der Waals surface area contributed by atoms with Crippen molar-refractivity contribution in [1.29, 1.82) is 0 Å². The van der Waals surface area contributed by atoms with Crippen LogP contribution in [0.1, 0.15) is 18.4 Å². The molecule has 1 fully saturated rings. The molecule has 0 aliphatic carbocycles. The highest BCUT2D eigenvalue weighted by Crippen LogP contribution is 2.31. The number of alkyl halides is 3. The van der Waals surface area contributed by atoms with Gasteiger partial charge in [-0.05, 0) is 31.0 Å². The Morgan fingerprint density at radius 1 is 1.33 bits per heavy atom. The molecule has 1 atom stereocenters. The first-order valence-corrected chi connectivity index (χ1v) is 6.45. The van der Waals surface area contributed by atoms with E-state index in [0.29, 0.717) is 25.2 Å². The van der Waals surface area contributed by atoms with Crippen molar-refractivity contribution in [3.8, 4) is 0 Å². The second-order valence-corrected chi connectivity index (χ2v) is 5.00. The Morgan fingerprint density at radius 3 is 2.67 bits per heavy atom. The van der Waals surface area contributed by atoms with E-state index in [9.17, 15) is 22.4 Å². The summed E-state index contributed by atoms with van der Waals surface area (Å²) in [6.45, 7) is 0.800. The van der Waals surface area contributed by atoms with E-state index in [-0.39, 0.29) is 11.7 Å². The van der Waals surface area contributed by atoms with E-state index in [4.69, 9.17) is 5.73 Å². The van der Waals surface area contributed by atoms with Gasteiger partial charge < -0.3 is 16.0 Å². The number of piperidine rings is 1. The van der Waals surface area contributed by atoms with Crippen LogP contribution in [0.25, 0.3) is 0 Å². The summed E-state index contributed by atoms with van der Waals surface area (Å²) < 4.78 is 51.0. The molecule has 2 amide bonds. The summed E-state index contributed by atoms with van der Waals surface area (Å²) in [5, 5.41) is 2.28. The van der Waals surface area contributed by atoms with Crippen LogP contribution in [-0.2, 0) is 6.18 Å². The number of urea groups is 1. The third-order valence-electron chi connectivity index (χ3n) is 3.22. The molecule has 3 N–H and O–H groups in total. The van der Waals surface area contributed by atoms with Gasteiger partial charge in [0.15, 0.2) is 0 Å². The first-order chi connectivity index (χ1) is 9.75. The van der Waals surface area contributed by atoms with Gasteiger partial charge in [0.1, 0.15) is 5.82 Å². The predicted molar refractivity (Wildman–Crippen MR) is 69.2 cm³/mol. The fourth-order valence-electron chi connectivity index (χ4n) is 2.22. The maximum absolute atomic E-state index is 13.2. The topological polar surface area (TPSA) is 58.4 Å². The van der Waals surface area contributed by atoms with E-state index >= 15 is 0 Å². The number of rotatable bonds is 1. The van der Waals surface area contributed by atoms with Crippen LogP contribution in [0.15, 0.2) is 18.2 Å². The van der Waals surface area contributed by atoms with Gasteiger partial charge in [0, 0.05) is 24.8 Å². The van der Waals surface area contributed by atoms with E-state index in [1.54, 1.807) is 0 Å². The lowest BCUT2D eigenvalue weighted by Gasteiger charge is -2.30. The fraction of sp³-hybridized carbons (Fsp3) is 0.462. The van der Waals surface area contributed by atoms with Gasteiger partial charge in [-0.1, -0.05) is 0 Å². The van der Waals surface area contributed by atoms with Crippen molar-refractivity contribution in [2.45, 2.75) is 25.1 Å². The number of nitrogens with zero attached hydrogens (tertiary/aromatic N) is 1. The molecule has 0 bridgehead atoms. The van der Waals surface area contributed by atoms with Gasteiger partial charge in [0.05, 0.1) is 5.56 Å². The number of amides is 2. The average molecular weight is 305 g/mol. The minimum Gasteiger partial charge on any atom is -0.326 e. The number of carbonyl (C=O) groups excluding carboxylic acids is 1. The minimum absolute atomic E-state index is 0.150. The molecule has 1 aromatic rings. The predicted octanol–water partition coefficient (Wildman–Crippen LogP) is 2.80. The Hall–Kier alpha value is -1.83. The molecule has 0 saturated carbocycles. The minimum atomic E-state index is -4.67. The van der Waals surface area contributed by atoms with E-state index in [2.05, 4.69) is 5.32 Å². The Labute approximate surface area is 118 Å². The molecule has 2 rings (SSSR count). The van der Waals surface area contributed by atoms with Crippen LogP contribution in [-0.4, -0.2) is 30.1 Å². The molecule has 1 heterocycles. The Balaban J connectivity index is 2.12. The van der Waals surface area contributed by atoms with E-state index in [1.807, 2.05) is 0 Å². The first kappa shape index (κ1) is 15.6. The molecule has 0 radical (unpaired) electrons. The number of hydrogen-bond donors (Lipinski definition) is 2. The first-order valence-electron chi connectivity index (χ1n) is 6.45. The average Bonchev–Trinajstić information content (AvgIpc) is 2.37. The number of benzene rings is 1. The molecule has 0 spiro atoms. The summed E-state index contributed by atoms with van der Waals surface area (Å²) in [4.78, 5) is 13.3. The maximum Gasteiger partial charge on any atom is 0.416 e. The molecule has 1 aliphatic heterocycles. The van der Waals surface area contributed by atoms with Crippen LogP contribution in [0.5, 0.6) is 0 Å². The lowest BCUT2D eigenvalue weighted by Crippen LogP contribution is -2.47. The summed E-state index contributed by atoms with van der Waals surface area (Å²) in [7, 11) is 0. The van der Waals surface area contributed by atoms with Crippen LogP contribution in [0, 0.1) is 5.82 Å². The molecule has 8 heteroatoms. The number of halogens is 4. The highest BCUT2D eigenvalue weighted by atomic mass is 19.4. The van der Waals surface area contributed by atoms with Crippen LogP contribution in [0.4, 0.5) is 28.0 Å². The molecule has 0 unspecified atom stereocenters. The number of nitrogens with one attached hydrogen (secondary N) is 1. The third-order valence-corrected chi connectivity index (χ3v) is 3.22. The summed E-state index contributed by atoms with van der Waals surface area (Å²) in [6, 6.07) is 1.19. The SMILES string of the molecule is N[C@@H]1CCCN(C(=O)Nc2cc(F)cc(C(F)(F)F)c2)C1. The molecular formula is C13H15F4N3O. The quantitative estimate of drug-likeness (QED) is 0.784. The third kappa shape index (κ3) is 4.07. The summed E-state index contributed by atoms with van der Waals surface area (Å²) >= 11 is 0. The molecule has 0 aromatic heterocycles. The van der Waals surface area contributed by atoms with E-state index < -0.39 is 23.6 Å². The largest absolute Gasteiger partial charge is 0.416 e. The van der Waals surface area contributed by atoms with Gasteiger partial charge in [0.2, 0.25) is 0 Å².